The Morgan fingerprint density at radius 3 is 3.17 bits per heavy atom. The summed E-state index contributed by atoms with van der Waals surface area (Å²) in [5, 5.41) is 4.91. The Hall–Kier alpha value is -2.14. The van der Waals surface area contributed by atoms with Crippen LogP contribution in [0.3, 0.4) is 0 Å². The first-order valence-corrected chi connectivity index (χ1v) is 5.90. The molecule has 3 heterocycles. The molecule has 0 radical (unpaired) electrons. The van der Waals surface area contributed by atoms with Gasteiger partial charge in [-0.2, -0.15) is 5.10 Å². The molecule has 0 saturated carbocycles. The Kier molecular flexibility index (Phi) is 1.87. The molecule has 0 unspecified atom stereocenters. The van der Waals surface area contributed by atoms with Crippen LogP contribution < -0.4 is 0 Å². The zero-order valence-electron chi connectivity index (χ0n) is 9.29. The van der Waals surface area contributed by atoms with Crippen molar-refractivity contribution in [2.45, 2.75) is 6.54 Å². The van der Waals surface area contributed by atoms with E-state index in [2.05, 4.69) is 15.1 Å². The number of aromatic nitrogens is 5. The second kappa shape index (κ2) is 3.43. The van der Waals surface area contributed by atoms with Crippen molar-refractivity contribution >= 4 is 11.6 Å². The van der Waals surface area contributed by atoms with Gasteiger partial charge in [-0.15, -0.1) is 0 Å². The molecule has 88 valence electrons. The van der Waals surface area contributed by atoms with Gasteiger partial charge in [0.2, 0.25) is 0 Å². The van der Waals surface area contributed by atoms with E-state index in [1.54, 1.807) is 12.7 Å². The summed E-state index contributed by atoms with van der Waals surface area (Å²) in [7, 11) is 0. The third-order valence-electron chi connectivity index (χ3n) is 3.12. The van der Waals surface area contributed by atoms with Crippen molar-refractivity contribution in [1.82, 2.24) is 24.3 Å². The smallest absolute Gasteiger partial charge is 0.162 e. The molecule has 3 aromatic rings. The van der Waals surface area contributed by atoms with Crippen molar-refractivity contribution in [3.8, 4) is 17.1 Å². The van der Waals surface area contributed by atoms with E-state index >= 15 is 0 Å². The highest BCUT2D eigenvalue weighted by Gasteiger charge is 2.22. The topological polar surface area (TPSA) is 48.5 Å². The van der Waals surface area contributed by atoms with Crippen molar-refractivity contribution in [2.75, 3.05) is 0 Å². The standard InChI is InChI=1S/C12H8ClN5/c13-9-2-1-3-10-11(9)12-15-6-16-18(12)5-8-4-14-7-17(8)10/h1-4,6-7H,5H2. The van der Waals surface area contributed by atoms with Crippen LogP contribution in [0.2, 0.25) is 5.02 Å². The molecule has 0 saturated heterocycles. The van der Waals surface area contributed by atoms with E-state index in [1.165, 1.54) is 0 Å². The molecule has 5 nitrogen and oxygen atoms in total. The lowest BCUT2D eigenvalue weighted by Gasteiger charge is -2.09. The van der Waals surface area contributed by atoms with Crippen LogP contribution in [0.4, 0.5) is 0 Å². The summed E-state index contributed by atoms with van der Waals surface area (Å²) in [5.74, 6) is 0.791. The molecule has 18 heavy (non-hydrogen) atoms. The van der Waals surface area contributed by atoms with Crippen LogP contribution in [0.25, 0.3) is 17.1 Å². The van der Waals surface area contributed by atoms with E-state index in [0.717, 1.165) is 22.8 Å². The monoisotopic (exact) mass is 257 g/mol. The number of nitrogens with zero attached hydrogens (tertiary/aromatic N) is 5. The Bertz CT molecular complexity index is 743. The number of fused-ring (bicyclic) bond motifs is 5. The first-order chi connectivity index (χ1) is 8.84. The number of rotatable bonds is 0. The maximum absolute atomic E-state index is 6.32. The molecule has 0 amide bonds. The minimum atomic E-state index is 0.639. The van der Waals surface area contributed by atoms with E-state index in [-0.39, 0.29) is 0 Å². The maximum atomic E-state index is 6.32. The van der Waals surface area contributed by atoms with Gasteiger partial charge in [0, 0.05) is 0 Å². The van der Waals surface area contributed by atoms with Crippen LogP contribution in [-0.4, -0.2) is 24.3 Å². The van der Waals surface area contributed by atoms with Crippen molar-refractivity contribution in [1.29, 1.82) is 0 Å². The van der Waals surface area contributed by atoms with Gasteiger partial charge in [-0.25, -0.2) is 14.6 Å². The molecule has 0 aliphatic carbocycles. The molecule has 0 N–H and O–H groups in total. The van der Waals surface area contributed by atoms with Crippen molar-refractivity contribution < 1.29 is 0 Å². The van der Waals surface area contributed by atoms with Gasteiger partial charge in [0.25, 0.3) is 0 Å². The zero-order chi connectivity index (χ0) is 12.1. The molecule has 1 aliphatic rings. The molecule has 1 aromatic carbocycles. The summed E-state index contributed by atoms with van der Waals surface area (Å²) in [6.45, 7) is 0.639. The zero-order valence-corrected chi connectivity index (χ0v) is 10.0. The largest absolute Gasteiger partial charge is 0.301 e. The molecule has 0 atom stereocenters. The predicted molar refractivity (Wildman–Crippen MR) is 66.7 cm³/mol. The second-order valence-corrected chi connectivity index (χ2v) is 4.54. The number of benzene rings is 1. The molecular formula is C12H8ClN5. The Morgan fingerprint density at radius 1 is 1.28 bits per heavy atom. The molecule has 1 aliphatic heterocycles. The second-order valence-electron chi connectivity index (χ2n) is 4.13. The van der Waals surface area contributed by atoms with Gasteiger partial charge in [-0.3, -0.25) is 0 Å². The Morgan fingerprint density at radius 2 is 2.22 bits per heavy atom. The van der Waals surface area contributed by atoms with E-state index in [4.69, 9.17) is 11.6 Å². The van der Waals surface area contributed by atoms with E-state index in [0.29, 0.717) is 11.6 Å². The molecule has 4 rings (SSSR count). The van der Waals surface area contributed by atoms with Gasteiger partial charge in [0.05, 0.1) is 41.0 Å². The van der Waals surface area contributed by atoms with Crippen LogP contribution in [0.1, 0.15) is 5.69 Å². The minimum Gasteiger partial charge on any atom is -0.301 e. The third-order valence-corrected chi connectivity index (χ3v) is 3.43. The summed E-state index contributed by atoms with van der Waals surface area (Å²) in [5.41, 5.74) is 2.94. The molecule has 0 bridgehead atoms. The van der Waals surface area contributed by atoms with Crippen molar-refractivity contribution in [3.63, 3.8) is 0 Å². The summed E-state index contributed by atoms with van der Waals surface area (Å²) < 4.78 is 3.86. The quantitative estimate of drug-likeness (QED) is 0.485. The minimum absolute atomic E-state index is 0.639. The van der Waals surface area contributed by atoms with Gasteiger partial charge in [0.15, 0.2) is 5.82 Å². The summed E-state index contributed by atoms with van der Waals surface area (Å²) >= 11 is 6.32. The fourth-order valence-electron chi connectivity index (χ4n) is 2.32. The highest BCUT2D eigenvalue weighted by atomic mass is 35.5. The van der Waals surface area contributed by atoms with Crippen LogP contribution in [0.15, 0.2) is 37.1 Å². The van der Waals surface area contributed by atoms with Gasteiger partial charge in [-0.05, 0) is 12.1 Å². The number of imidazole rings is 1. The fourth-order valence-corrected chi connectivity index (χ4v) is 2.57. The van der Waals surface area contributed by atoms with Crippen LogP contribution in [-0.2, 0) is 6.54 Å². The van der Waals surface area contributed by atoms with Gasteiger partial charge < -0.3 is 4.57 Å². The molecule has 2 aromatic heterocycles. The molecule has 6 heteroatoms. The highest BCUT2D eigenvalue weighted by Crippen LogP contribution is 2.35. The number of hydrogen-bond acceptors (Lipinski definition) is 3. The lowest BCUT2D eigenvalue weighted by Crippen LogP contribution is -2.03. The van der Waals surface area contributed by atoms with Crippen molar-refractivity contribution in [3.05, 3.63) is 47.8 Å². The van der Waals surface area contributed by atoms with Crippen LogP contribution >= 0.6 is 11.6 Å². The lowest BCUT2D eigenvalue weighted by atomic mass is 10.1. The highest BCUT2D eigenvalue weighted by molar-refractivity contribution is 6.33. The number of hydrogen-bond donors (Lipinski definition) is 0. The van der Waals surface area contributed by atoms with Gasteiger partial charge in [0.1, 0.15) is 6.33 Å². The SMILES string of the molecule is Clc1cccc2c1-c1ncnn1Cc1cncn1-2. The maximum Gasteiger partial charge on any atom is 0.162 e. The third kappa shape index (κ3) is 1.19. The Balaban J connectivity index is 2.17. The van der Waals surface area contributed by atoms with E-state index < -0.39 is 0 Å². The van der Waals surface area contributed by atoms with Crippen molar-refractivity contribution in [2.24, 2.45) is 0 Å². The van der Waals surface area contributed by atoms with Crippen LogP contribution in [0, 0.1) is 0 Å². The molecule has 0 spiro atoms. The van der Waals surface area contributed by atoms with E-state index in [9.17, 15) is 0 Å². The lowest BCUT2D eigenvalue weighted by molar-refractivity contribution is 0.677. The predicted octanol–water partition coefficient (Wildman–Crippen LogP) is 2.15. The fraction of sp³-hybridized carbons (Fsp3) is 0.0833. The average Bonchev–Trinajstić information content (AvgIpc) is 2.97. The number of halogens is 1. The summed E-state index contributed by atoms with van der Waals surface area (Å²) in [6.07, 6.45) is 5.17. The summed E-state index contributed by atoms with van der Waals surface area (Å²) in [4.78, 5) is 8.50. The van der Waals surface area contributed by atoms with Crippen LogP contribution in [0.5, 0.6) is 0 Å². The normalized spacial score (nSPS) is 12.5. The average molecular weight is 258 g/mol. The summed E-state index contributed by atoms with van der Waals surface area (Å²) in [6, 6.07) is 5.80. The van der Waals surface area contributed by atoms with Gasteiger partial charge in [-0.1, -0.05) is 17.7 Å². The first-order valence-electron chi connectivity index (χ1n) is 5.53. The van der Waals surface area contributed by atoms with E-state index in [1.807, 2.05) is 33.6 Å². The van der Waals surface area contributed by atoms with Gasteiger partial charge >= 0.3 is 0 Å². The Labute approximate surface area is 108 Å². The molecular weight excluding hydrogens is 250 g/mol. The molecule has 0 fully saturated rings. The first kappa shape index (κ1) is 9.85.